The summed E-state index contributed by atoms with van der Waals surface area (Å²) in [4.78, 5) is 29.1. The Balaban J connectivity index is 1.57. The van der Waals surface area contributed by atoms with Gasteiger partial charge >= 0.3 is 0 Å². The molecule has 0 unspecified atom stereocenters. The van der Waals surface area contributed by atoms with Gasteiger partial charge in [-0.25, -0.2) is 4.90 Å². The van der Waals surface area contributed by atoms with Crippen LogP contribution in [0.5, 0.6) is 5.75 Å². The molecule has 4 nitrogen and oxygen atoms in total. The van der Waals surface area contributed by atoms with Gasteiger partial charge in [-0.1, -0.05) is 68.4 Å². The number of ether oxygens (including phenoxy) is 1. The molecule has 0 N–H and O–H groups in total. The van der Waals surface area contributed by atoms with E-state index in [0.717, 1.165) is 0 Å². The Hall–Kier alpha value is -3.40. The van der Waals surface area contributed by atoms with Crippen LogP contribution in [0.15, 0.2) is 66.7 Å². The molecule has 4 atom stereocenters. The van der Waals surface area contributed by atoms with Crippen molar-refractivity contribution in [1.29, 1.82) is 0 Å². The second-order valence-corrected chi connectivity index (χ2v) is 9.36. The van der Waals surface area contributed by atoms with Gasteiger partial charge in [0.1, 0.15) is 5.75 Å². The zero-order valence-electron chi connectivity index (χ0n) is 18.4. The first kappa shape index (κ1) is 19.3. The number of hydrogen-bond donors (Lipinski definition) is 0. The van der Waals surface area contributed by atoms with Gasteiger partial charge in [-0.05, 0) is 45.9 Å². The van der Waals surface area contributed by atoms with E-state index >= 15 is 0 Å². The summed E-state index contributed by atoms with van der Waals surface area (Å²) in [6.07, 6.45) is 0. The van der Waals surface area contributed by atoms with Crippen LogP contribution in [0.4, 0.5) is 5.69 Å². The number of anilines is 1. The molecule has 4 aliphatic rings. The van der Waals surface area contributed by atoms with Crippen molar-refractivity contribution in [2.24, 2.45) is 11.8 Å². The molecule has 0 saturated carbocycles. The fourth-order valence-corrected chi connectivity index (χ4v) is 6.16. The lowest BCUT2D eigenvalue weighted by Gasteiger charge is -2.46. The van der Waals surface area contributed by atoms with E-state index in [1.165, 1.54) is 32.7 Å². The number of nitrogens with zero attached hydrogens (tertiary/aromatic N) is 1. The number of methoxy groups -OCH3 is 1. The summed E-state index contributed by atoms with van der Waals surface area (Å²) in [7, 11) is 1.57. The summed E-state index contributed by atoms with van der Waals surface area (Å²) in [5.41, 5.74) is 6.59. The lowest BCUT2D eigenvalue weighted by molar-refractivity contribution is -0.122. The topological polar surface area (TPSA) is 46.6 Å². The van der Waals surface area contributed by atoms with Crippen LogP contribution >= 0.6 is 0 Å². The second kappa shape index (κ2) is 6.80. The summed E-state index contributed by atoms with van der Waals surface area (Å²) in [6, 6.07) is 22.3. The van der Waals surface area contributed by atoms with Crippen molar-refractivity contribution in [2.75, 3.05) is 12.0 Å². The van der Waals surface area contributed by atoms with E-state index in [9.17, 15) is 9.59 Å². The van der Waals surface area contributed by atoms with E-state index in [2.05, 4.69) is 44.2 Å². The van der Waals surface area contributed by atoms with Crippen molar-refractivity contribution in [3.8, 4) is 5.75 Å². The van der Waals surface area contributed by atoms with Gasteiger partial charge in [0, 0.05) is 11.8 Å². The molecule has 0 radical (unpaired) electrons. The quantitative estimate of drug-likeness (QED) is 0.543. The highest BCUT2D eigenvalue weighted by Crippen LogP contribution is 2.61. The minimum Gasteiger partial charge on any atom is -0.495 e. The van der Waals surface area contributed by atoms with Crippen LogP contribution in [0, 0.1) is 11.8 Å². The zero-order valence-corrected chi connectivity index (χ0v) is 18.4. The molecule has 0 spiro atoms. The van der Waals surface area contributed by atoms with Gasteiger partial charge in [0.2, 0.25) is 11.8 Å². The largest absolute Gasteiger partial charge is 0.495 e. The van der Waals surface area contributed by atoms with Crippen LogP contribution in [0.2, 0.25) is 0 Å². The highest BCUT2D eigenvalue weighted by atomic mass is 16.5. The number of carbonyl (C=O) groups excluding carboxylic acids is 2. The van der Waals surface area contributed by atoms with Crippen molar-refractivity contribution in [3.63, 3.8) is 0 Å². The summed E-state index contributed by atoms with van der Waals surface area (Å²) < 4.78 is 5.50. The molecule has 2 amide bonds. The number of carbonyl (C=O) groups is 2. The van der Waals surface area contributed by atoms with Gasteiger partial charge in [0.25, 0.3) is 0 Å². The number of rotatable bonds is 3. The SMILES string of the molecule is COc1ccccc1N1C(=O)[C@@H]2[C@@H]3c4ccccc4[C@H](c4ccc(C(C)C)cc43)[C@@H]2C1=O. The fourth-order valence-electron chi connectivity index (χ4n) is 6.16. The van der Waals surface area contributed by atoms with Crippen molar-refractivity contribution < 1.29 is 14.3 Å². The van der Waals surface area contributed by atoms with Gasteiger partial charge in [-0.2, -0.15) is 0 Å². The molecule has 1 heterocycles. The van der Waals surface area contributed by atoms with E-state index in [1.807, 2.05) is 24.3 Å². The van der Waals surface area contributed by atoms with Crippen molar-refractivity contribution in [1.82, 2.24) is 0 Å². The smallest absolute Gasteiger partial charge is 0.238 e. The molecule has 0 aromatic heterocycles. The lowest BCUT2D eigenvalue weighted by Crippen LogP contribution is -2.41. The minimum absolute atomic E-state index is 0.103. The maximum Gasteiger partial charge on any atom is 0.238 e. The molecule has 3 aliphatic carbocycles. The first-order chi connectivity index (χ1) is 15.5. The minimum atomic E-state index is -0.387. The Morgan fingerprint density at radius 2 is 1.31 bits per heavy atom. The van der Waals surface area contributed by atoms with E-state index in [4.69, 9.17) is 4.74 Å². The van der Waals surface area contributed by atoms with Gasteiger partial charge in [-0.15, -0.1) is 0 Å². The monoisotopic (exact) mass is 423 g/mol. The maximum absolute atomic E-state index is 13.9. The molecule has 4 heteroatoms. The number of amides is 2. The number of para-hydroxylation sites is 2. The summed E-state index contributed by atoms with van der Waals surface area (Å²) in [5, 5.41) is 0. The average Bonchev–Trinajstić information content (AvgIpc) is 3.09. The standard InChI is InChI=1S/C28H25NO3/c1-15(2)16-12-13-19-20(14-16)24-18-9-5-4-8-17(18)23(19)25-26(24)28(31)29(27(25)30)21-10-6-7-11-22(21)32-3/h4-15,23-26H,1-3H3/t23-,24-,25+,26-/m1/s1. The predicted octanol–water partition coefficient (Wildman–Crippen LogP) is 5.22. The van der Waals surface area contributed by atoms with Crippen LogP contribution in [0.25, 0.3) is 0 Å². The van der Waals surface area contributed by atoms with E-state index in [1.54, 1.807) is 19.2 Å². The number of hydrogen-bond acceptors (Lipinski definition) is 3. The summed E-state index contributed by atoms with van der Waals surface area (Å²) in [5.74, 6) is -0.274. The number of benzene rings is 3. The van der Waals surface area contributed by atoms with E-state index in [-0.39, 0.29) is 35.5 Å². The van der Waals surface area contributed by atoms with Crippen LogP contribution in [0.1, 0.15) is 59.4 Å². The normalized spacial score (nSPS) is 25.1. The third kappa shape index (κ3) is 2.38. The first-order valence-electron chi connectivity index (χ1n) is 11.3. The van der Waals surface area contributed by atoms with Crippen molar-refractivity contribution in [3.05, 3.63) is 94.5 Å². The molecular weight excluding hydrogens is 398 g/mol. The fraction of sp³-hybridized carbons (Fsp3) is 0.286. The van der Waals surface area contributed by atoms with Gasteiger partial charge in [0.05, 0.1) is 24.6 Å². The Morgan fingerprint density at radius 1 is 0.750 bits per heavy atom. The zero-order chi connectivity index (χ0) is 22.1. The maximum atomic E-state index is 13.9. The van der Waals surface area contributed by atoms with E-state index in [0.29, 0.717) is 17.4 Å². The molecule has 7 rings (SSSR count). The van der Waals surface area contributed by atoms with Gasteiger partial charge < -0.3 is 4.74 Å². The Labute approximate surface area is 187 Å². The van der Waals surface area contributed by atoms with Crippen LogP contribution in [-0.2, 0) is 9.59 Å². The van der Waals surface area contributed by atoms with Gasteiger partial charge in [-0.3, -0.25) is 9.59 Å². The third-order valence-electron chi connectivity index (χ3n) is 7.56. The molecule has 1 fully saturated rings. The molecular formula is C28H25NO3. The Morgan fingerprint density at radius 3 is 1.94 bits per heavy atom. The molecule has 2 bridgehead atoms. The molecule has 160 valence electrons. The van der Waals surface area contributed by atoms with Crippen LogP contribution in [-0.4, -0.2) is 18.9 Å². The summed E-state index contributed by atoms with van der Waals surface area (Å²) >= 11 is 0. The van der Waals surface area contributed by atoms with Crippen molar-refractivity contribution in [2.45, 2.75) is 31.6 Å². The molecule has 1 aliphatic heterocycles. The molecule has 32 heavy (non-hydrogen) atoms. The summed E-state index contributed by atoms with van der Waals surface area (Å²) in [6.45, 7) is 4.38. The molecule has 3 aromatic carbocycles. The lowest BCUT2D eigenvalue weighted by atomic mass is 9.54. The third-order valence-corrected chi connectivity index (χ3v) is 7.56. The van der Waals surface area contributed by atoms with Crippen LogP contribution < -0.4 is 9.64 Å². The first-order valence-corrected chi connectivity index (χ1v) is 11.3. The molecule has 3 aromatic rings. The van der Waals surface area contributed by atoms with Crippen molar-refractivity contribution >= 4 is 17.5 Å². The van der Waals surface area contributed by atoms with Crippen LogP contribution in [0.3, 0.4) is 0 Å². The second-order valence-electron chi connectivity index (χ2n) is 9.36. The van der Waals surface area contributed by atoms with E-state index < -0.39 is 0 Å². The average molecular weight is 424 g/mol. The highest BCUT2D eigenvalue weighted by Gasteiger charge is 2.62. The predicted molar refractivity (Wildman–Crippen MR) is 123 cm³/mol. The Kier molecular flexibility index (Phi) is 4.10. The molecule has 1 saturated heterocycles. The van der Waals surface area contributed by atoms with Gasteiger partial charge in [0.15, 0.2) is 0 Å². The highest BCUT2D eigenvalue weighted by molar-refractivity contribution is 6.24. The number of imide groups is 1. The Bertz CT molecular complexity index is 1280.